The minimum atomic E-state index is -0.321. The molecular formula is C16H25N3O2. The zero-order chi connectivity index (χ0) is 15.4. The van der Waals surface area contributed by atoms with Gasteiger partial charge in [0, 0.05) is 25.7 Å². The standard InChI is InChI=1S/C16H25N3O2/c1-12-5-4-6-14(9-12)18(3)11-13-7-8-15(17-2)16(10-13)19(20)21/h7-8,10,12,14,17H,4-6,9,11H2,1-3H3. The number of rotatable bonds is 5. The molecule has 116 valence electrons. The van der Waals surface area contributed by atoms with E-state index in [0.717, 1.165) is 18.0 Å². The molecule has 1 N–H and O–H groups in total. The third-order valence-electron chi connectivity index (χ3n) is 4.49. The van der Waals surface area contributed by atoms with Crippen molar-refractivity contribution in [3.63, 3.8) is 0 Å². The van der Waals surface area contributed by atoms with Crippen LogP contribution in [0.15, 0.2) is 18.2 Å². The first-order chi connectivity index (χ1) is 10.0. The second-order valence-electron chi connectivity index (χ2n) is 6.20. The van der Waals surface area contributed by atoms with Gasteiger partial charge in [-0.3, -0.25) is 15.0 Å². The van der Waals surface area contributed by atoms with Gasteiger partial charge in [-0.05, 0) is 37.4 Å². The Labute approximate surface area is 126 Å². The maximum Gasteiger partial charge on any atom is 0.292 e. The fourth-order valence-corrected chi connectivity index (χ4v) is 3.26. The van der Waals surface area contributed by atoms with E-state index in [2.05, 4.69) is 24.2 Å². The molecule has 0 aromatic heterocycles. The largest absolute Gasteiger partial charge is 0.383 e. The quantitative estimate of drug-likeness (QED) is 0.664. The number of nitro groups is 1. The highest BCUT2D eigenvalue weighted by atomic mass is 16.6. The smallest absolute Gasteiger partial charge is 0.292 e. The third kappa shape index (κ3) is 3.94. The second-order valence-corrected chi connectivity index (χ2v) is 6.20. The summed E-state index contributed by atoms with van der Waals surface area (Å²) in [6, 6.07) is 6.05. The number of anilines is 1. The summed E-state index contributed by atoms with van der Waals surface area (Å²) in [6.07, 6.45) is 5.08. The SMILES string of the molecule is CNc1ccc(CN(C)C2CCCC(C)C2)cc1[N+](=O)[O-]. The van der Waals surface area contributed by atoms with E-state index in [-0.39, 0.29) is 10.6 Å². The Morgan fingerprint density at radius 3 is 2.81 bits per heavy atom. The van der Waals surface area contributed by atoms with Crippen LogP contribution in [0, 0.1) is 16.0 Å². The molecular weight excluding hydrogens is 266 g/mol. The van der Waals surface area contributed by atoms with Crippen LogP contribution in [0.1, 0.15) is 38.2 Å². The van der Waals surface area contributed by atoms with Crippen LogP contribution in [0.3, 0.4) is 0 Å². The summed E-state index contributed by atoms with van der Waals surface area (Å²) < 4.78 is 0. The Morgan fingerprint density at radius 1 is 1.43 bits per heavy atom. The molecule has 0 spiro atoms. The highest BCUT2D eigenvalue weighted by Gasteiger charge is 2.23. The maximum atomic E-state index is 11.1. The summed E-state index contributed by atoms with van der Waals surface area (Å²) in [7, 11) is 3.83. The van der Waals surface area contributed by atoms with E-state index in [1.165, 1.54) is 25.7 Å². The fraction of sp³-hybridized carbons (Fsp3) is 0.625. The molecule has 21 heavy (non-hydrogen) atoms. The first-order valence-corrected chi connectivity index (χ1v) is 7.66. The number of hydrogen-bond donors (Lipinski definition) is 1. The Hall–Kier alpha value is -1.62. The van der Waals surface area contributed by atoms with Gasteiger partial charge in [-0.15, -0.1) is 0 Å². The number of nitrogens with zero attached hydrogens (tertiary/aromatic N) is 2. The molecule has 2 atom stereocenters. The van der Waals surface area contributed by atoms with Gasteiger partial charge in [0.25, 0.3) is 5.69 Å². The molecule has 2 rings (SSSR count). The van der Waals surface area contributed by atoms with Crippen molar-refractivity contribution in [1.82, 2.24) is 4.90 Å². The zero-order valence-corrected chi connectivity index (χ0v) is 13.1. The van der Waals surface area contributed by atoms with Crippen molar-refractivity contribution in [2.75, 3.05) is 19.4 Å². The topological polar surface area (TPSA) is 58.4 Å². The van der Waals surface area contributed by atoms with Crippen LogP contribution < -0.4 is 5.32 Å². The van der Waals surface area contributed by atoms with Crippen LogP contribution in [0.4, 0.5) is 11.4 Å². The lowest BCUT2D eigenvalue weighted by atomic mass is 9.86. The van der Waals surface area contributed by atoms with Gasteiger partial charge in [-0.1, -0.05) is 25.8 Å². The van der Waals surface area contributed by atoms with Crippen LogP contribution in [0.25, 0.3) is 0 Å². The fourth-order valence-electron chi connectivity index (χ4n) is 3.26. The van der Waals surface area contributed by atoms with Gasteiger partial charge in [-0.25, -0.2) is 0 Å². The molecule has 1 aliphatic rings. The molecule has 5 nitrogen and oxygen atoms in total. The molecule has 1 saturated carbocycles. The van der Waals surface area contributed by atoms with Gasteiger partial charge < -0.3 is 5.32 Å². The lowest BCUT2D eigenvalue weighted by Gasteiger charge is -2.34. The van der Waals surface area contributed by atoms with Crippen molar-refractivity contribution in [3.05, 3.63) is 33.9 Å². The van der Waals surface area contributed by atoms with Crippen LogP contribution in [-0.4, -0.2) is 30.0 Å². The number of nitro benzene ring substituents is 1. The number of benzene rings is 1. The Bertz CT molecular complexity index is 504. The Kier molecular flexibility index (Phi) is 5.17. The van der Waals surface area contributed by atoms with Crippen molar-refractivity contribution in [2.24, 2.45) is 5.92 Å². The lowest BCUT2D eigenvalue weighted by Crippen LogP contribution is -2.35. The lowest BCUT2D eigenvalue weighted by molar-refractivity contribution is -0.384. The van der Waals surface area contributed by atoms with E-state index in [4.69, 9.17) is 0 Å². The van der Waals surface area contributed by atoms with Crippen molar-refractivity contribution in [2.45, 2.75) is 45.2 Å². The summed E-state index contributed by atoms with van der Waals surface area (Å²) in [4.78, 5) is 13.1. The first-order valence-electron chi connectivity index (χ1n) is 7.66. The molecule has 2 unspecified atom stereocenters. The van der Waals surface area contributed by atoms with Crippen LogP contribution >= 0.6 is 0 Å². The minimum Gasteiger partial charge on any atom is -0.383 e. The highest BCUT2D eigenvalue weighted by Crippen LogP contribution is 2.29. The summed E-state index contributed by atoms with van der Waals surface area (Å²) in [6.45, 7) is 3.08. The molecule has 0 amide bonds. The van der Waals surface area contributed by atoms with Gasteiger partial charge in [-0.2, -0.15) is 0 Å². The van der Waals surface area contributed by atoms with E-state index in [0.29, 0.717) is 11.7 Å². The molecule has 0 bridgehead atoms. The maximum absolute atomic E-state index is 11.1. The van der Waals surface area contributed by atoms with E-state index in [1.807, 2.05) is 6.07 Å². The van der Waals surface area contributed by atoms with Crippen LogP contribution in [-0.2, 0) is 6.54 Å². The van der Waals surface area contributed by atoms with E-state index in [1.54, 1.807) is 19.2 Å². The van der Waals surface area contributed by atoms with Gasteiger partial charge in [0.15, 0.2) is 0 Å². The molecule has 0 heterocycles. The Morgan fingerprint density at radius 2 is 2.19 bits per heavy atom. The summed E-state index contributed by atoms with van der Waals surface area (Å²) >= 11 is 0. The van der Waals surface area contributed by atoms with Crippen LogP contribution in [0.2, 0.25) is 0 Å². The predicted octanol–water partition coefficient (Wildman–Crippen LogP) is 3.65. The molecule has 5 heteroatoms. The van der Waals surface area contributed by atoms with E-state index >= 15 is 0 Å². The summed E-state index contributed by atoms with van der Waals surface area (Å²) in [5, 5.41) is 14.0. The average Bonchev–Trinajstić information content (AvgIpc) is 2.47. The van der Waals surface area contributed by atoms with E-state index in [9.17, 15) is 10.1 Å². The van der Waals surface area contributed by atoms with Gasteiger partial charge >= 0.3 is 0 Å². The first kappa shape index (κ1) is 15.8. The summed E-state index contributed by atoms with van der Waals surface area (Å²) in [5.41, 5.74) is 1.72. The molecule has 0 saturated heterocycles. The van der Waals surface area contributed by atoms with Gasteiger partial charge in [0.1, 0.15) is 5.69 Å². The molecule has 0 radical (unpaired) electrons. The van der Waals surface area contributed by atoms with Crippen molar-refractivity contribution in [3.8, 4) is 0 Å². The van der Waals surface area contributed by atoms with Crippen molar-refractivity contribution >= 4 is 11.4 Å². The normalized spacial score (nSPS) is 22.3. The second kappa shape index (κ2) is 6.89. The van der Waals surface area contributed by atoms with E-state index < -0.39 is 0 Å². The third-order valence-corrected chi connectivity index (χ3v) is 4.49. The molecule has 1 aromatic carbocycles. The minimum absolute atomic E-state index is 0.153. The zero-order valence-electron chi connectivity index (χ0n) is 13.1. The van der Waals surface area contributed by atoms with Crippen LogP contribution in [0.5, 0.6) is 0 Å². The molecule has 0 aliphatic heterocycles. The molecule has 1 aromatic rings. The van der Waals surface area contributed by atoms with Gasteiger partial charge in [0.05, 0.1) is 4.92 Å². The predicted molar refractivity (Wildman–Crippen MR) is 85.5 cm³/mol. The average molecular weight is 291 g/mol. The molecule has 1 fully saturated rings. The molecule has 1 aliphatic carbocycles. The number of nitrogens with one attached hydrogen (secondary N) is 1. The highest BCUT2D eigenvalue weighted by molar-refractivity contribution is 5.62. The van der Waals surface area contributed by atoms with Crippen molar-refractivity contribution in [1.29, 1.82) is 0 Å². The summed E-state index contributed by atoms with van der Waals surface area (Å²) in [5.74, 6) is 0.784. The number of hydrogen-bond acceptors (Lipinski definition) is 4. The monoisotopic (exact) mass is 291 g/mol. The van der Waals surface area contributed by atoms with Crippen molar-refractivity contribution < 1.29 is 4.92 Å². The Balaban J connectivity index is 2.08. The van der Waals surface area contributed by atoms with Gasteiger partial charge in [0.2, 0.25) is 0 Å².